The molecule has 1 aromatic rings. The van der Waals surface area contributed by atoms with Gasteiger partial charge in [-0.3, -0.25) is 4.79 Å². The molecular weight excluding hydrogens is 279 g/mol. The van der Waals surface area contributed by atoms with Gasteiger partial charge in [0.25, 0.3) is 5.91 Å². The van der Waals surface area contributed by atoms with Gasteiger partial charge in [-0.2, -0.15) is 13.2 Å². The molecule has 19 heavy (non-hydrogen) atoms. The lowest BCUT2D eigenvalue weighted by atomic mass is 10.3. The zero-order valence-corrected chi connectivity index (χ0v) is 11.5. The molecule has 0 saturated heterocycles. The van der Waals surface area contributed by atoms with Crippen molar-refractivity contribution in [1.29, 1.82) is 0 Å². The Morgan fingerprint density at radius 3 is 2.68 bits per heavy atom. The van der Waals surface area contributed by atoms with Gasteiger partial charge < -0.3 is 16.0 Å². The second kappa shape index (κ2) is 6.14. The quantitative estimate of drug-likeness (QED) is 0.877. The second-order valence-corrected chi connectivity index (χ2v) is 5.05. The third-order valence-corrected chi connectivity index (χ3v) is 3.66. The van der Waals surface area contributed by atoms with E-state index in [-0.39, 0.29) is 18.1 Å². The number of amides is 1. The highest BCUT2D eigenvalue weighted by molar-refractivity contribution is 7.18. The fourth-order valence-electron chi connectivity index (χ4n) is 1.40. The Balaban J connectivity index is 2.74. The zero-order valence-electron chi connectivity index (χ0n) is 10.7. The van der Waals surface area contributed by atoms with E-state index in [1.165, 1.54) is 11.0 Å². The van der Waals surface area contributed by atoms with Crippen molar-refractivity contribution < 1.29 is 18.0 Å². The summed E-state index contributed by atoms with van der Waals surface area (Å²) < 4.78 is 36.4. The van der Waals surface area contributed by atoms with Crippen molar-refractivity contribution in [3.63, 3.8) is 0 Å². The van der Waals surface area contributed by atoms with Gasteiger partial charge in [0, 0.05) is 20.1 Å². The number of halogens is 3. The van der Waals surface area contributed by atoms with Gasteiger partial charge in [-0.25, -0.2) is 0 Å². The Hall–Kier alpha value is -1.44. The van der Waals surface area contributed by atoms with E-state index in [9.17, 15) is 18.0 Å². The van der Waals surface area contributed by atoms with E-state index in [4.69, 9.17) is 5.73 Å². The number of alkyl halides is 3. The SMILES string of the molecule is CCNC(=O)c1sc(N(C)CCC(F)(F)F)cc1N. The largest absolute Gasteiger partial charge is 0.397 e. The van der Waals surface area contributed by atoms with E-state index in [2.05, 4.69) is 5.32 Å². The summed E-state index contributed by atoms with van der Waals surface area (Å²) in [5.41, 5.74) is 5.98. The molecule has 1 amide bonds. The lowest BCUT2D eigenvalue weighted by Crippen LogP contribution is -2.23. The fraction of sp³-hybridized carbons (Fsp3) is 0.545. The highest BCUT2D eigenvalue weighted by atomic mass is 32.1. The van der Waals surface area contributed by atoms with Crippen LogP contribution in [0.2, 0.25) is 0 Å². The number of nitrogen functional groups attached to an aromatic ring is 1. The molecule has 4 nitrogen and oxygen atoms in total. The predicted molar refractivity (Wildman–Crippen MR) is 70.7 cm³/mol. The Bertz CT molecular complexity index is 445. The number of nitrogens with zero attached hydrogens (tertiary/aromatic N) is 1. The average molecular weight is 295 g/mol. The molecule has 0 saturated carbocycles. The van der Waals surface area contributed by atoms with E-state index in [0.717, 1.165) is 11.3 Å². The number of nitrogens with one attached hydrogen (secondary N) is 1. The molecule has 1 heterocycles. The van der Waals surface area contributed by atoms with Gasteiger partial charge in [-0.1, -0.05) is 0 Å². The number of nitrogens with two attached hydrogens (primary N) is 1. The lowest BCUT2D eigenvalue weighted by Gasteiger charge is -2.17. The molecule has 0 fully saturated rings. The number of hydrogen-bond donors (Lipinski definition) is 2. The van der Waals surface area contributed by atoms with Crippen LogP contribution in [-0.2, 0) is 0 Å². The van der Waals surface area contributed by atoms with Gasteiger partial charge in [0.1, 0.15) is 4.88 Å². The smallest absolute Gasteiger partial charge is 0.390 e. The minimum Gasteiger partial charge on any atom is -0.397 e. The summed E-state index contributed by atoms with van der Waals surface area (Å²) in [7, 11) is 1.54. The lowest BCUT2D eigenvalue weighted by molar-refractivity contribution is -0.132. The summed E-state index contributed by atoms with van der Waals surface area (Å²) in [6.07, 6.45) is -5.10. The monoisotopic (exact) mass is 295 g/mol. The van der Waals surface area contributed by atoms with E-state index in [1.54, 1.807) is 14.0 Å². The highest BCUT2D eigenvalue weighted by Gasteiger charge is 2.27. The van der Waals surface area contributed by atoms with Gasteiger partial charge in [0.15, 0.2) is 0 Å². The van der Waals surface area contributed by atoms with Crippen molar-refractivity contribution in [2.75, 3.05) is 30.8 Å². The van der Waals surface area contributed by atoms with Gasteiger partial charge in [-0.15, -0.1) is 11.3 Å². The Morgan fingerprint density at radius 2 is 2.16 bits per heavy atom. The zero-order chi connectivity index (χ0) is 14.6. The molecule has 0 radical (unpaired) electrons. The first-order valence-electron chi connectivity index (χ1n) is 5.70. The standard InChI is InChI=1S/C11H16F3N3OS/c1-3-16-10(18)9-7(15)6-8(19-9)17(2)5-4-11(12,13)14/h6H,3-5,15H2,1-2H3,(H,16,18). The summed E-state index contributed by atoms with van der Waals surface area (Å²) in [4.78, 5) is 13.4. The summed E-state index contributed by atoms with van der Waals surface area (Å²) in [5.74, 6) is -0.305. The van der Waals surface area contributed by atoms with Crippen molar-refractivity contribution in [3.05, 3.63) is 10.9 Å². The van der Waals surface area contributed by atoms with Crippen LogP contribution in [0.4, 0.5) is 23.9 Å². The maximum absolute atomic E-state index is 12.1. The molecule has 108 valence electrons. The van der Waals surface area contributed by atoms with E-state index in [1.807, 2.05) is 0 Å². The summed E-state index contributed by atoms with van der Waals surface area (Å²) in [5, 5.41) is 3.15. The molecule has 8 heteroatoms. The van der Waals surface area contributed by atoms with Crippen molar-refractivity contribution >= 4 is 27.9 Å². The highest BCUT2D eigenvalue weighted by Crippen LogP contribution is 2.32. The van der Waals surface area contributed by atoms with Crippen LogP contribution in [0.3, 0.4) is 0 Å². The first-order valence-corrected chi connectivity index (χ1v) is 6.51. The first-order chi connectivity index (χ1) is 8.74. The number of anilines is 2. The third-order valence-electron chi connectivity index (χ3n) is 2.40. The maximum Gasteiger partial charge on any atom is 0.390 e. The Kier molecular flexibility index (Phi) is 5.04. The molecule has 0 aliphatic carbocycles. The van der Waals surface area contributed by atoms with Crippen molar-refractivity contribution in [1.82, 2.24) is 5.32 Å². The molecule has 0 unspecified atom stereocenters. The Morgan fingerprint density at radius 1 is 1.53 bits per heavy atom. The topological polar surface area (TPSA) is 58.4 Å². The summed E-state index contributed by atoms with van der Waals surface area (Å²) in [6.45, 7) is 2.08. The molecule has 3 N–H and O–H groups in total. The summed E-state index contributed by atoms with van der Waals surface area (Å²) >= 11 is 1.09. The molecule has 0 aliphatic rings. The Labute approximate surface area is 113 Å². The molecule has 0 aliphatic heterocycles. The van der Waals surface area contributed by atoms with Crippen LogP contribution in [0.5, 0.6) is 0 Å². The van der Waals surface area contributed by atoms with Crippen LogP contribution >= 0.6 is 11.3 Å². The fourth-order valence-corrected chi connectivity index (χ4v) is 2.39. The van der Waals surface area contributed by atoms with Gasteiger partial charge in [-0.05, 0) is 13.0 Å². The van der Waals surface area contributed by atoms with Crippen molar-refractivity contribution in [3.8, 4) is 0 Å². The predicted octanol–water partition coefficient (Wildman–Crippen LogP) is 2.47. The first kappa shape index (κ1) is 15.6. The van der Waals surface area contributed by atoms with Gasteiger partial charge in [0.2, 0.25) is 0 Å². The van der Waals surface area contributed by atoms with Crippen LogP contribution in [0.1, 0.15) is 23.0 Å². The number of carbonyl (C=O) groups excluding carboxylic acids is 1. The molecule has 1 aromatic heterocycles. The van der Waals surface area contributed by atoms with Crippen LogP contribution in [0, 0.1) is 0 Å². The van der Waals surface area contributed by atoms with Gasteiger partial charge >= 0.3 is 6.18 Å². The van der Waals surface area contributed by atoms with Gasteiger partial charge in [0.05, 0.1) is 17.1 Å². The van der Waals surface area contributed by atoms with Crippen LogP contribution in [0.25, 0.3) is 0 Å². The molecule has 0 atom stereocenters. The number of hydrogen-bond acceptors (Lipinski definition) is 4. The van der Waals surface area contributed by atoms with Crippen LogP contribution in [-0.4, -0.2) is 32.2 Å². The van der Waals surface area contributed by atoms with E-state index >= 15 is 0 Å². The van der Waals surface area contributed by atoms with Crippen LogP contribution in [0.15, 0.2) is 6.07 Å². The van der Waals surface area contributed by atoms with E-state index in [0.29, 0.717) is 16.4 Å². The average Bonchev–Trinajstić information content (AvgIpc) is 2.67. The molecular formula is C11H16F3N3OS. The molecule has 0 spiro atoms. The number of carbonyl (C=O) groups is 1. The molecule has 0 aromatic carbocycles. The summed E-state index contributed by atoms with van der Waals surface area (Å²) in [6, 6.07) is 1.52. The van der Waals surface area contributed by atoms with E-state index < -0.39 is 12.6 Å². The number of thiophene rings is 1. The van der Waals surface area contributed by atoms with Crippen molar-refractivity contribution in [2.24, 2.45) is 0 Å². The normalized spacial score (nSPS) is 11.4. The maximum atomic E-state index is 12.1. The second-order valence-electron chi connectivity index (χ2n) is 4.02. The minimum atomic E-state index is -4.19. The van der Waals surface area contributed by atoms with Crippen molar-refractivity contribution in [2.45, 2.75) is 19.5 Å². The molecule has 1 rings (SSSR count). The molecule has 0 bridgehead atoms. The third kappa shape index (κ3) is 4.62. The number of rotatable bonds is 5. The van der Waals surface area contributed by atoms with Crippen LogP contribution < -0.4 is 16.0 Å². The minimum absolute atomic E-state index is 0.168.